The van der Waals surface area contributed by atoms with E-state index in [2.05, 4.69) is 111 Å². The first-order valence-corrected chi connectivity index (χ1v) is 15.3. The number of rotatable bonds is 10. The predicted molar refractivity (Wildman–Crippen MR) is 166 cm³/mol. The van der Waals surface area contributed by atoms with Crippen molar-refractivity contribution in [1.82, 2.24) is 15.1 Å². The molecule has 0 saturated carbocycles. The van der Waals surface area contributed by atoms with E-state index in [9.17, 15) is 4.79 Å². The molecular formula is C34H52N4O2. The van der Waals surface area contributed by atoms with Gasteiger partial charge in [-0.05, 0) is 63.9 Å². The van der Waals surface area contributed by atoms with E-state index in [0.717, 1.165) is 58.8 Å². The Bertz CT molecular complexity index is 1080. The van der Waals surface area contributed by atoms with Gasteiger partial charge >= 0.3 is 0 Å². The summed E-state index contributed by atoms with van der Waals surface area (Å²) in [6, 6.07) is 16.5. The maximum absolute atomic E-state index is 13.9. The fraction of sp³-hybridized carbons (Fsp3) is 0.618. The lowest BCUT2D eigenvalue weighted by Crippen LogP contribution is -2.51. The molecule has 4 rings (SSSR count). The number of benzene rings is 2. The minimum absolute atomic E-state index is 0.0874. The summed E-state index contributed by atoms with van der Waals surface area (Å²) in [5, 5.41) is 3.78. The first-order chi connectivity index (χ1) is 19.2. The average molecular weight is 549 g/mol. The van der Waals surface area contributed by atoms with Crippen LogP contribution in [-0.2, 0) is 9.53 Å². The van der Waals surface area contributed by atoms with Crippen LogP contribution in [0.4, 0.5) is 5.69 Å². The number of carbonyl (C=O) groups is 1. The topological polar surface area (TPSA) is 48.1 Å². The summed E-state index contributed by atoms with van der Waals surface area (Å²) in [4.78, 5) is 20.9. The smallest absolute Gasteiger partial charge is 0.226 e. The summed E-state index contributed by atoms with van der Waals surface area (Å²) >= 11 is 0. The summed E-state index contributed by atoms with van der Waals surface area (Å²) in [6.45, 7) is 16.7. The zero-order valence-corrected chi connectivity index (χ0v) is 26.0. The first kappa shape index (κ1) is 30.5. The largest absolute Gasteiger partial charge is 0.381 e. The molecule has 1 N–H and O–H groups in total. The highest BCUT2D eigenvalue weighted by molar-refractivity contribution is 5.80. The molecule has 6 heteroatoms. The third-order valence-corrected chi connectivity index (χ3v) is 8.97. The summed E-state index contributed by atoms with van der Waals surface area (Å²) < 4.78 is 5.55. The van der Waals surface area contributed by atoms with Gasteiger partial charge in [-0.15, -0.1) is 0 Å². The van der Waals surface area contributed by atoms with Crippen molar-refractivity contribution in [2.24, 2.45) is 11.8 Å². The summed E-state index contributed by atoms with van der Waals surface area (Å²) in [5.41, 5.74) is 6.50. The molecule has 2 unspecified atom stereocenters. The molecule has 2 heterocycles. The molecule has 2 fully saturated rings. The van der Waals surface area contributed by atoms with Gasteiger partial charge in [-0.2, -0.15) is 0 Å². The fourth-order valence-corrected chi connectivity index (χ4v) is 6.65. The van der Waals surface area contributed by atoms with Gasteiger partial charge in [0.25, 0.3) is 0 Å². The maximum Gasteiger partial charge on any atom is 0.226 e. The molecule has 1 amide bonds. The summed E-state index contributed by atoms with van der Waals surface area (Å²) in [5.74, 6) is 0.837. The Balaban J connectivity index is 1.45. The minimum Gasteiger partial charge on any atom is -0.381 e. The van der Waals surface area contributed by atoms with Crippen molar-refractivity contribution in [1.29, 1.82) is 0 Å². The van der Waals surface area contributed by atoms with Crippen LogP contribution < -0.4 is 10.2 Å². The monoisotopic (exact) mass is 548 g/mol. The number of carbonyl (C=O) groups excluding carboxylic acids is 1. The molecule has 3 atom stereocenters. The molecule has 2 saturated heterocycles. The number of hydrogen-bond acceptors (Lipinski definition) is 5. The van der Waals surface area contributed by atoms with E-state index in [0.29, 0.717) is 18.0 Å². The minimum atomic E-state index is -0.0874. The van der Waals surface area contributed by atoms with Crippen molar-refractivity contribution >= 4 is 11.6 Å². The third kappa shape index (κ3) is 7.45. The van der Waals surface area contributed by atoms with Gasteiger partial charge in [0.2, 0.25) is 5.91 Å². The number of ether oxygens (including phenoxy) is 1. The molecule has 0 bridgehead atoms. The van der Waals surface area contributed by atoms with E-state index in [1.54, 1.807) is 0 Å². The van der Waals surface area contributed by atoms with E-state index >= 15 is 0 Å². The lowest BCUT2D eigenvalue weighted by Gasteiger charge is -2.40. The lowest BCUT2D eigenvalue weighted by molar-refractivity contribution is -0.136. The molecule has 2 aliphatic heterocycles. The van der Waals surface area contributed by atoms with Gasteiger partial charge < -0.3 is 24.8 Å². The zero-order chi connectivity index (χ0) is 28.8. The van der Waals surface area contributed by atoms with Gasteiger partial charge in [0.15, 0.2) is 0 Å². The number of piperazine rings is 1. The zero-order valence-electron chi connectivity index (χ0n) is 26.0. The Kier molecular flexibility index (Phi) is 10.7. The van der Waals surface area contributed by atoms with E-state index in [1.807, 2.05) is 0 Å². The van der Waals surface area contributed by atoms with Gasteiger partial charge in [-0.25, -0.2) is 0 Å². The summed E-state index contributed by atoms with van der Waals surface area (Å²) in [7, 11) is 4.35. The second-order valence-corrected chi connectivity index (χ2v) is 12.6. The Labute approximate surface area is 243 Å². The van der Waals surface area contributed by atoms with E-state index in [4.69, 9.17) is 4.74 Å². The maximum atomic E-state index is 13.9. The number of hydrogen-bond donors (Lipinski definition) is 1. The Morgan fingerprint density at radius 3 is 2.17 bits per heavy atom. The van der Waals surface area contributed by atoms with Crippen LogP contribution in [0.5, 0.6) is 0 Å². The number of nitrogens with zero attached hydrogens (tertiary/aromatic N) is 3. The van der Waals surface area contributed by atoms with E-state index in [-0.39, 0.29) is 17.7 Å². The van der Waals surface area contributed by atoms with Crippen LogP contribution in [0.15, 0.2) is 42.5 Å². The highest BCUT2D eigenvalue weighted by Gasteiger charge is 2.32. The van der Waals surface area contributed by atoms with Crippen LogP contribution >= 0.6 is 0 Å². The third-order valence-electron chi connectivity index (χ3n) is 8.97. The van der Waals surface area contributed by atoms with Crippen molar-refractivity contribution in [2.75, 3.05) is 64.9 Å². The van der Waals surface area contributed by atoms with Gasteiger partial charge in [-0.3, -0.25) is 4.79 Å². The van der Waals surface area contributed by atoms with Crippen LogP contribution in [-0.4, -0.2) is 81.8 Å². The SMILES string of the molecule is Cc1ccc(C(CNC2CCOCC2)[C@H](C)C(=O)N2CCN(c3ccc(C)cc3C(C(C)C)N(C)C)CC2)cc1. The van der Waals surface area contributed by atoms with Crippen molar-refractivity contribution in [3.05, 3.63) is 64.7 Å². The molecule has 6 nitrogen and oxygen atoms in total. The molecule has 2 aliphatic rings. The number of amides is 1. The van der Waals surface area contributed by atoms with Gasteiger partial charge in [0.05, 0.1) is 0 Å². The Morgan fingerprint density at radius 1 is 0.950 bits per heavy atom. The number of nitrogens with one attached hydrogen (secondary N) is 1. The quantitative estimate of drug-likeness (QED) is 0.431. The van der Waals surface area contributed by atoms with Gasteiger partial charge in [0.1, 0.15) is 0 Å². The van der Waals surface area contributed by atoms with Gasteiger partial charge in [0, 0.05) is 75.5 Å². The molecule has 0 radical (unpaired) electrons. The second-order valence-electron chi connectivity index (χ2n) is 12.6. The lowest BCUT2D eigenvalue weighted by atomic mass is 9.85. The predicted octanol–water partition coefficient (Wildman–Crippen LogP) is 5.40. The Morgan fingerprint density at radius 2 is 1.57 bits per heavy atom. The van der Waals surface area contributed by atoms with Crippen LogP contribution in [0, 0.1) is 25.7 Å². The molecule has 2 aromatic rings. The Hall–Kier alpha value is -2.41. The molecule has 40 heavy (non-hydrogen) atoms. The van der Waals surface area contributed by atoms with Crippen LogP contribution in [0.2, 0.25) is 0 Å². The van der Waals surface area contributed by atoms with Crippen molar-refractivity contribution in [2.45, 2.75) is 65.5 Å². The van der Waals surface area contributed by atoms with E-state index in [1.165, 1.54) is 27.9 Å². The molecule has 0 aromatic heterocycles. The van der Waals surface area contributed by atoms with Crippen LogP contribution in [0.3, 0.4) is 0 Å². The van der Waals surface area contributed by atoms with Crippen molar-refractivity contribution in [3.63, 3.8) is 0 Å². The highest BCUT2D eigenvalue weighted by Crippen LogP contribution is 2.35. The average Bonchev–Trinajstić information content (AvgIpc) is 2.94. The van der Waals surface area contributed by atoms with E-state index < -0.39 is 0 Å². The summed E-state index contributed by atoms with van der Waals surface area (Å²) in [6.07, 6.45) is 2.08. The van der Waals surface area contributed by atoms with Crippen LogP contribution in [0.1, 0.15) is 67.8 Å². The molecule has 0 spiro atoms. The first-order valence-electron chi connectivity index (χ1n) is 15.3. The molecular weight excluding hydrogens is 496 g/mol. The molecule has 0 aliphatic carbocycles. The highest BCUT2D eigenvalue weighted by atomic mass is 16.5. The molecule has 2 aromatic carbocycles. The normalized spacial score (nSPS) is 19.2. The van der Waals surface area contributed by atoms with Crippen molar-refractivity contribution in [3.8, 4) is 0 Å². The number of anilines is 1. The second kappa shape index (κ2) is 14.0. The molecule has 220 valence electrons. The van der Waals surface area contributed by atoms with Crippen LogP contribution in [0.25, 0.3) is 0 Å². The fourth-order valence-electron chi connectivity index (χ4n) is 6.65. The van der Waals surface area contributed by atoms with Gasteiger partial charge in [-0.1, -0.05) is 68.3 Å². The number of aryl methyl sites for hydroxylation is 2. The standard InChI is InChI=1S/C34H52N4O2/c1-24(2)33(36(6)7)30-22-26(4)10-13-32(30)37-16-18-38(19-17-37)34(39)27(5)31(28-11-8-25(3)9-12-28)23-35-29-14-20-40-21-15-29/h8-13,22,24,27,29,31,33,35H,14-21,23H2,1-7H3/t27-,31?,33?/m0/s1. The van der Waals surface area contributed by atoms with Crippen molar-refractivity contribution < 1.29 is 9.53 Å².